The van der Waals surface area contributed by atoms with Gasteiger partial charge in [0.2, 0.25) is 9.04 Å². The average molecular weight is 250 g/mol. The van der Waals surface area contributed by atoms with E-state index in [0.717, 1.165) is 18.7 Å². The van der Waals surface area contributed by atoms with Crippen molar-refractivity contribution in [3.63, 3.8) is 0 Å². The zero-order valence-corrected chi connectivity index (χ0v) is 12.7. The highest BCUT2D eigenvalue weighted by Crippen LogP contribution is 2.22. The largest absolute Gasteiger partial charge is 0.320 e. The van der Waals surface area contributed by atoms with E-state index in [9.17, 15) is 0 Å². The monoisotopic (exact) mass is 250 g/mol. The molecule has 1 rings (SSSR count). The molecule has 0 aliphatic rings. The van der Waals surface area contributed by atoms with E-state index in [0.29, 0.717) is 5.41 Å². The van der Waals surface area contributed by atoms with Gasteiger partial charge in [-0.1, -0.05) is 39.0 Å². The van der Waals surface area contributed by atoms with Crippen molar-refractivity contribution in [2.45, 2.75) is 40.3 Å². The summed E-state index contributed by atoms with van der Waals surface area (Å²) >= 11 is 0. The van der Waals surface area contributed by atoms with Crippen LogP contribution < -0.4 is 5.06 Å². The van der Waals surface area contributed by atoms with Gasteiger partial charge in [-0.15, -0.1) is 0 Å². The number of rotatable bonds is 5. The summed E-state index contributed by atoms with van der Waals surface area (Å²) in [5.41, 5.74) is 1.49. The standard InChI is InChI=1S/C14H24NOSi/c1-14(2,3)11-12-15(16-17(4)5)13-9-7-6-8-10-13/h6-10H,11-12H2,1-5H3. The number of hydrogen-bond acceptors (Lipinski definition) is 2. The van der Waals surface area contributed by atoms with Crippen molar-refractivity contribution in [2.75, 3.05) is 11.6 Å². The molecular weight excluding hydrogens is 226 g/mol. The number of nitrogens with zero attached hydrogens (tertiary/aromatic N) is 1. The van der Waals surface area contributed by atoms with Gasteiger partial charge in [-0.25, -0.2) is 0 Å². The van der Waals surface area contributed by atoms with Crippen molar-refractivity contribution in [3.05, 3.63) is 30.3 Å². The van der Waals surface area contributed by atoms with E-state index in [-0.39, 0.29) is 0 Å². The lowest BCUT2D eigenvalue weighted by atomic mass is 9.92. The minimum atomic E-state index is -0.721. The van der Waals surface area contributed by atoms with Crippen LogP contribution in [0.4, 0.5) is 5.69 Å². The molecular formula is C14H24NOSi. The normalized spacial score (nSPS) is 11.9. The molecule has 0 N–H and O–H groups in total. The summed E-state index contributed by atoms with van der Waals surface area (Å²) in [4.78, 5) is 0. The highest BCUT2D eigenvalue weighted by atomic mass is 28.3. The molecule has 0 aromatic heterocycles. The highest BCUT2D eigenvalue weighted by molar-refractivity contribution is 6.48. The summed E-state index contributed by atoms with van der Waals surface area (Å²) in [6, 6.07) is 10.4. The SMILES string of the molecule is C[Si](C)ON(CCC(C)(C)C)c1ccccc1. The van der Waals surface area contributed by atoms with Gasteiger partial charge in [0.05, 0.1) is 5.69 Å². The highest BCUT2D eigenvalue weighted by Gasteiger charge is 2.15. The van der Waals surface area contributed by atoms with Crippen LogP contribution >= 0.6 is 0 Å². The number of hydroxylamine groups is 1. The minimum absolute atomic E-state index is 0.338. The Bertz CT molecular complexity index is 319. The summed E-state index contributed by atoms with van der Waals surface area (Å²) in [6.45, 7) is 12.1. The number of benzene rings is 1. The summed E-state index contributed by atoms with van der Waals surface area (Å²) < 4.78 is 5.97. The Hall–Kier alpha value is -0.803. The van der Waals surface area contributed by atoms with Crippen LogP contribution in [-0.2, 0) is 4.53 Å². The van der Waals surface area contributed by atoms with Crippen molar-refractivity contribution in [3.8, 4) is 0 Å². The second-order valence-electron chi connectivity index (χ2n) is 5.75. The van der Waals surface area contributed by atoms with Gasteiger partial charge in [0.1, 0.15) is 0 Å². The molecule has 1 aromatic carbocycles. The molecule has 1 aromatic rings. The summed E-state index contributed by atoms with van der Waals surface area (Å²) in [6.07, 6.45) is 1.12. The van der Waals surface area contributed by atoms with Gasteiger partial charge in [0.25, 0.3) is 0 Å². The first kappa shape index (κ1) is 14.3. The van der Waals surface area contributed by atoms with Gasteiger partial charge in [0, 0.05) is 6.54 Å². The molecule has 17 heavy (non-hydrogen) atoms. The molecule has 0 unspecified atom stereocenters. The lowest BCUT2D eigenvalue weighted by Crippen LogP contribution is -2.32. The topological polar surface area (TPSA) is 12.5 Å². The van der Waals surface area contributed by atoms with Gasteiger partial charge in [-0.2, -0.15) is 0 Å². The van der Waals surface area contributed by atoms with Crippen molar-refractivity contribution in [1.82, 2.24) is 0 Å². The smallest absolute Gasteiger partial charge is 0.244 e. The van der Waals surface area contributed by atoms with Crippen LogP contribution in [0.3, 0.4) is 0 Å². The Kier molecular flexibility index (Phi) is 5.21. The van der Waals surface area contributed by atoms with Gasteiger partial charge < -0.3 is 4.53 Å². The first-order valence-corrected chi connectivity index (χ1v) is 8.60. The first-order chi connectivity index (χ1) is 7.88. The maximum Gasteiger partial charge on any atom is 0.244 e. The molecule has 0 amide bonds. The third kappa shape index (κ3) is 5.89. The van der Waals surface area contributed by atoms with E-state index >= 15 is 0 Å². The maximum absolute atomic E-state index is 5.97. The van der Waals surface area contributed by atoms with E-state index in [1.54, 1.807) is 0 Å². The van der Waals surface area contributed by atoms with E-state index in [1.807, 2.05) is 6.07 Å². The minimum Gasteiger partial charge on any atom is -0.320 e. The van der Waals surface area contributed by atoms with Crippen LogP contribution in [0.15, 0.2) is 30.3 Å². The Morgan fingerprint density at radius 3 is 2.18 bits per heavy atom. The second-order valence-corrected chi connectivity index (χ2v) is 7.75. The number of hydrogen-bond donors (Lipinski definition) is 0. The van der Waals surface area contributed by atoms with Gasteiger partial charge in [0.15, 0.2) is 0 Å². The Morgan fingerprint density at radius 1 is 1.12 bits per heavy atom. The van der Waals surface area contributed by atoms with E-state index in [1.165, 1.54) is 0 Å². The molecule has 0 spiro atoms. The summed E-state index contributed by atoms with van der Waals surface area (Å²) in [7, 11) is -0.721. The molecule has 1 radical (unpaired) electrons. The molecule has 0 bridgehead atoms. The van der Waals surface area contributed by atoms with Crippen LogP contribution in [0.2, 0.25) is 13.1 Å². The third-order valence-corrected chi connectivity index (χ3v) is 2.99. The predicted molar refractivity (Wildman–Crippen MR) is 76.4 cm³/mol. The lowest BCUT2D eigenvalue weighted by Gasteiger charge is -2.29. The fourth-order valence-corrected chi connectivity index (χ4v) is 2.12. The Morgan fingerprint density at radius 2 is 1.71 bits per heavy atom. The van der Waals surface area contributed by atoms with Crippen molar-refractivity contribution < 1.29 is 4.53 Å². The van der Waals surface area contributed by atoms with Crippen molar-refractivity contribution >= 4 is 14.7 Å². The molecule has 3 heteroatoms. The van der Waals surface area contributed by atoms with Crippen LogP contribution in [0, 0.1) is 5.41 Å². The predicted octanol–water partition coefficient (Wildman–Crippen LogP) is 4.11. The third-order valence-electron chi connectivity index (χ3n) is 2.40. The molecule has 0 aliphatic heterocycles. The van der Waals surface area contributed by atoms with Crippen molar-refractivity contribution in [2.24, 2.45) is 5.41 Å². The molecule has 0 saturated heterocycles. The molecule has 95 valence electrons. The van der Waals surface area contributed by atoms with E-state index in [2.05, 4.69) is 63.2 Å². The molecule has 0 heterocycles. The van der Waals surface area contributed by atoms with Gasteiger partial charge in [-0.05, 0) is 37.1 Å². The summed E-state index contributed by atoms with van der Waals surface area (Å²) in [5, 5.41) is 2.06. The fourth-order valence-electron chi connectivity index (χ4n) is 1.48. The number of anilines is 1. The Labute approximate surface area is 107 Å². The molecule has 0 fully saturated rings. The zero-order valence-electron chi connectivity index (χ0n) is 11.7. The fraction of sp³-hybridized carbons (Fsp3) is 0.571. The molecule has 0 aliphatic carbocycles. The quantitative estimate of drug-likeness (QED) is 0.576. The molecule has 0 saturated carbocycles. The van der Waals surface area contributed by atoms with E-state index < -0.39 is 9.04 Å². The Balaban J connectivity index is 2.68. The summed E-state index contributed by atoms with van der Waals surface area (Å²) in [5.74, 6) is 0. The number of para-hydroxylation sites is 1. The van der Waals surface area contributed by atoms with Crippen LogP contribution in [0.1, 0.15) is 27.2 Å². The first-order valence-electron chi connectivity index (χ1n) is 6.19. The average Bonchev–Trinajstić information content (AvgIpc) is 2.24. The molecule has 2 nitrogen and oxygen atoms in total. The van der Waals surface area contributed by atoms with Crippen LogP contribution in [0.25, 0.3) is 0 Å². The zero-order chi connectivity index (χ0) is 12.9. The van der Waals surface area contributed by atoms with Crippen LogP contribution in [-0.4, -0.2) is 15.6 Å². The second kappa shape index (κ2) is 6.22. The van der Waals surface area contributed by atoms with Crippen LogP contribution in [0.5, 0.6) is 0 Å². The van der Waals surface area contributed by atoms with Gasteiger partial charge >= 0.3 is 0 Å². The van der Waals surface area contributed by atoms with E-state index in [4.69, 9.17) is 4.53 Å². The van der Waals surface area contributed by atoms with Crippen molar-refractivity contribution in [1.29, 1.82) is 0 Å². The maximum atomic E-state index is 5.97. The lowest BCUT2D eigenvalue weighted by molar-refractivity contribution is 0.256. The molecule has 0 atom stereocenters. The van der Waals surface area contributed by atoms with Gasteiger partial charge in [-0.3, -0.25) is 5.06 Å².